The monoisotopic (exact) mass is 412 g/mol. The van der Waals surface area contributed by atoms with Crippen LogP contribution in [0.3, 0.4) is 0 Å². The summed E-state index contributed by atoms with van der Waals surface area (Å²) in [6.07, 6.45) is 5.35. The average molecular weight is 413 g/mol. The van der Waals surface area contributed by atoms with Crippen molar-refractivity contribution in [2.75, 3.05) is 63.9 Å². The highest BCUT2D eigenvalue weighted by atomic mass is 16.5. The molecule has 2 amide bonds. The van der Waals surface area contributed by atoms with Crippen molar-refractivity contribution >= 4 is 11.7 Å². The first kappa shape index (κ1) is 20.3. The van der Waals surface area contributed by atoms with Crippen LogP contribution < -0.4 is 10.2 Å². The van der Waals surface area contributed by atoms with E-state index in [0.29, 0.717) is 0 Å². The molecule has 1 saturated carbocycles. The number of benzene rings is 1. The first-order valence-electron chi connectivity index (χ1n) is 11.9. The maximum Gasteiger partial charge on any atom is 0.321 e. The molecule has 164 valence electrons. The van der Waals surface area contributed by atoms with Crippen LogP contribution in [0.5, 0.6) is 0 Å². The van der Waals surface area contributed by atoms with E-state index in [-0.39, 0.29) is 6.03 Å². The van der Waals surface area contributed by atoms with E-state index in [1.807, 2.05) is 4.90 Å². The van der Waals surface area contributed by atoms with E-state index in [1.54, 1.807) is 0 Å². The summed E-state index contributed by atoms with van der Waals surface area (Å²) in [7, 11) is 0. The Bertz CT molecular complexity index is 706. The Kier molecular flexibility index (Phi) is 6.25. The summed E-state index contributed by atoms with van der Waals surface area (Å²) in [5.74, 6) is 2.49. The Morgan fingerprint density at radius 2 is 1.73 bits per heavy atom. The van der Waals surface area contributed by atoms with Crippen molar-refractivity contribution in [2.24, 2.45) is 17.8 Å². The van der Waals surface area contributed by atoms with E-state index >= 15 is 0 Å². The number of fused-ring (bicyclic) bond motifs is 1. The number of likely N-dealkylation sites (tertiary alicyclic amines) is 2. The van der Waals surface area contributed by atoms with E-state index in [9.17, 15) is 4.79 Å². The van der Waals surface area contributed by atoms with Crippen molar-refractivity contribution in [1.29, 1.82) is 0 Å². The maximum atomic E-state index is 11.8. The molecule has 5 rings (SSSR count). The van der Waals surface area contributed by atoms with Crippen LogP contribution in [0.15, 0.2) is 24.3 Å². The number of urea groups is 1. The van der Waals surface area contributed by atoms with E-state index in [2.05, 4.69) is 39.4 Å². The van der Waals surface area contributed by atoms with Crippen LogP contribution in [-0.2, 0) is 11.3 Å². The molecule has 3 aliphatic heterocycles. The molecular weight excluding hydrogens is 376 g/mol. The summed E-state index contributed by atoms with van der Waals surface area (Å²) in [6, 6.07) is 8.53. The average Bonchev–Trinajstić information content (AvgIpc) is 3.09. The predicted octanol–water partition coefficient (Wildman–Crippen LogP) is 2.79. The van der Waals surface area contributed by atoms with Crippen LogP contribution in [0.1, 0.15) is 31.2 Å². The van der Waals surface area contributed by atoms with E-state index in [1.165, 1.54) is 64.0 Å². The third-order valence-corrected chi connectivity index (χ3v) is 7.48. The van der Waals surface area contributed by atoms with Crippen molar-refractivity contribution in [3.8, 4) is 0 Å². The zero-order valence-electron chi connectivity index (χ0n) is 18.1. The van der Waals surface area contributed by atoms with Crippen LogP contribution in [0.4, 0.5) is 10.5 Å². The minimum atomic E-state index is 0.0159. The molecule has 1 aromatic carbocycles. The van der Waals surface area contributed by atoms with Gasteiger partial charge in [-0.3, -0.25) is 9.80 Å². The first-order chi connectivity index (χ1) is 14.8. The Morgan fingerprint density at radius 3 is 2.43 bits per heavy atom. The summed E-state index contributed by atoms with van der Waals surface area (Å²) in [5.41, 5.74) is 2.33. The number of piperidine rings is 2. The zero-order valence-corrected chi connectivity index (χ0v) is 18.1. The number of amides is 2. The smallest absolute Gasteiger partial charge is 0.321 e. The van der Waals surface area contributed by atoms with Gasteiger partial charge >= 0.3 is 6.03 Å². The van der Waals surface area contributed by atoms with Crippen LogP contribution in [0, 0.1) is 17.8 Å². The Hall–Kier alpha value is -1.63. The summed E-state index contributed by atoms with van der Waals surface area (Å²) in [4.78, 5) is 18.8. The van der Waals surface area contributed by atoms with Gasteiger partial charge in [0.1, 0.15) is 0 Å². The minimum Gasteiger partial charge on any atom is -0.381 e. The van der Waals surface area contributed by atoms with Gasteiger partial charge < -0.3 is 15.0 Å². The van der Waals surface area contributed by atoms with Gasteiger partial charge in [0, 0.05) is 51.6 Å². The molecule has 0 radical (unpaired) electrons. The second kappa shape index (κ2) is 9.25. The van der Waals surface area contributed by atoms with Crippen LogP contribution in [-0.4, -0.2) is 74.9 Å². The normalized spacial score (nSPS) is 29.3. The number of carbonyl (C=O) groups excluding carboxylic acids is 1. The fraction of sp³-hybridized carbons (Fsp3) is 0.708. The van der Waals surface area contributed by atoms with Crippen LogP contribution >= 0.6 is 0 Å². The number of nitrogens with one attached hydrogen (secondary N) is 1. The molecule has 0 unspecified atom stereocenters. The summed E-state index contributed by atoms with van der Waals surface area (Å²) in [5, 5.41) is 2.86. The number of nitrogens with zero attached hydrogens (tertiary/aromatic N) is 3. The summed E-state index contributed by atoms with van der Waals surface area (Å²) in [6.45, 7) is 10.6. The number of rotatable bonds is 9. The molecule has 1 aliphatic carbocycles. The molecule has 1 N–H and O–H groups in total. The second-order valence-corrected chi connectivity index (χ2v) is 9.57. The molecule has 0 bridgehead atoms. The van der Waals surface area contributed by atoms with E-state index in [4.69, 9.17) is 4.74 Å². The number of hydrogen-bond donors (Lipinski definition) is 1. The van der Waals surface area contributed by atoms with Gasteiger partial charge in [0.2, 0.25) is 0 Å². The van der Waals surface area contributed by atoms with Crippen LogP contribution in [0.25, 0.3) is 0 Å². The fourth-order valence-electron chi connectivity index (χ4n) is 5.66. The Labute approximate surface area is 180 Å². The number of hydrogen-bond acceptors (Lipinski definition) is 4. The lowest BCUT2D eigenvalue weighted by molar-refractivity contribution is 0.0967. The molecule has 6 nitrogen and oxygen atoms in total. The number of anilines is 1. The third-order valence-electron chi connectivity index (χ3n) is 7.48. The van der Waals surface area contributed by atoms with Crippen molar-refractivity contribution < 1.29 is 9.53 Å². The zero-order chi connectivity index (χ0) is 20.3. The largest absolute Gasteiger partial charge is 0.381 e. The topological polar surface area (TPSA) is 48.1 Å². The Balaban J connectivity index is 0.973. The molecule has 4 fully saturated rings. The highest BCUT2D eigenvalue weighted by Crippen LogP contribution is 2.52. The first-order valence-corrected chi connectivity index (χ1v) is 11.9. The standard InChI is InChI=1S/C24H36N4O2/c29-24-25-9-13-28(24)20-7-5-19(6-8-20)15-27-16-21-22(17-27)23(21)18-30-14-4-12-26-10-2-1-3-11-26/h5-8,21-23H,1-4,9-18H2,(H,25,29)/t21-,22+,23-. The highest BCUT2D eigenvalue weighted by Gasteiger charge is 2.55. The minimum absolute atomic E-state index is 0.0159. The van der Waals surface area contributed by atoms with Crippen molar-refractivity contribution in [3.05, 3.63) is 29.8 Å². The molecule has 0 aromatic heterocycles. The molecular formula is C24H36N4O2. The molecule has 30 heavy (non-hydrogen) atoms. The van der Waals surface area contributed by atoms with Gasteiger partial charge in [-0.2, -0.15) is 0 Å². The number of carbonyl (C=O) groups is 1. The molecule has 3 atom stereocenters. The van der Waals surface area contributed by atoms with E-state index in [0.717, 1.165) is 56.3 Å². The molecule has 6 heteroatoms. The molecule has 0 spiro atoms. The lowest BCUT2D eigenvalue weighted by atomic mass is 10.1. The highest BCUT2D eigenvalue weighted by molar-refractivity contribution is 5.93. The molecule has 3 heterocycles. The van der Waals surface area contributed by atoms with Crippen LogP contribution in [0.2, 0.25) is 0 Å². The van der Waals surface area contributed by atoms with Gasteiger partial charge in [-0.15, -0.1) is 0 Å². The van der Waals surface area contributed by atoms with Crippen molar-refractivity contribution in [2.45, 2.75) is 32.2 Å². The fourth-order valence-corrected chi connectivity index (χ4v) is 5.66. The summed E-state index contributed by atoms with van der Waals surface area (Å²) >= 11 is 0. The lowest BCUT2D eigenvalue weighted by Crippen LogP contribution is -2.31. The van der Waals surface area contributed by atoms with Crippen molar-refractivity contribution in [3.63, 3.8) is 0 Å². The quantitative estimate of drug-likeness (QED) is 0.634. The number of ether oxygens (including phenoxy) is 1. The van der Waals surface area contributed by atoms with Gasteiger partial charge in [0.15, 0.2) is 0 Å². The lowest BCUT2D eigenvalue weighted by Gasteiger charge is -2.26. The third kappa shape index (κ3) is 4.66. The van der Waals surface area contributed by atoms with Gasteiger partial charge in [-0.25, -0.2) is 4.79 Å². The van der Waals surface area contributed by atoms with Gasteiger partial charge in [0.05, 0.1) is 6.61 Å². The second-order valence-electron chi connectivity index (χ2n) is 9.57. The van der Waals surface area contributed by atoms with Gasteiger partial charge in [-0.05, 0) is 67.8 Å². The SMILES string of the molecule is O=C1NCCN1c1ccc(CN2C[C@@H]3[C@H](COCCCN4CCCCC4)[C@@H]3C2)cc1. The van der Waals surface area contributed by atoms with Gasteiger partial charge in [0.25, 0.3) is 0 Å². The van der Waals surface area contributed by atoms with Gasteiger partial charge in [-0.1, -0.05) is 18.6 Å². The molecule has 3 saturated heterocycles. The van der Waals surface area contributed by atoms with Crippen molar-refractivity contribution in [1.82, 2.24) is 15.1 Å². The molecule has 4 aliphatic rings. The Morgan fingerprint density at radius 1 is 0.967 bits per heavy atom. The predicted molar refractivity (Wildman–Crippen MR) is 119 cm³/mol. The van der Waals surface area contributed by atoms with E-state index < -0.39 is 0 Å². The molecule has 1 aromatic rings. The summed E-state index contributed by atoms with van der Waals surface area (Å²) < 4.78 is 6.03. The maximum absolute atomic E-state index is 11.8.